The Hall–Kier alpha value is -1.69. The van der Waals surface area contributed by atoms with E-state index in [4.69, 9.17) is 0 Å². The second-order valence-corrected chi connectivity index (χ2v) is 5.25. The van der Waals surface area contributed by atoms with E-state index in [9.17, 15) is 14.7 Å². The Kier molecular flexibility index (Phi) is 4.89. The van der Waals surface area contributed by atoms with Crippen LogP contribution < -0.4 is 10.9 Å². The Labute approximate surface area is 117 Å². The molecule has 2 unspecified atom stereocenters. The molecule has 1 saturated carbocycles. The van der Waals surface area contributed by atoms with Crippen LogP contribution in [0.1, 0.15) is 43.1 Å². The first kappa shape index (κ1) is 14.7. The third kappa shape index (κ3) is 3.45. The van der Waals surface area contributed by atoms with E-state index in [1.54, 1.807) is 0 Å². The maximum Gasteiger partial charge on any atom is 0.271 e. The fourth-order valence-corrected chi connectivity index (χ4v) is 2.51. The second-order valence-electron chi connectivity index (χ2n) is 5.25. The fraction of sp³-hybridized carbons (Fsp3) is 0.643. The maximum atomic E-state index is 12.0. The summed E-state index contributed by atoms with van der Waals surface area (Å²) in [5, 5.41) is 16.5. The Morgan fingerprint density at radius 2 is 2.30 bits per heavy atom. The summed E-state index contributed by atoms with van der Waals surface area (Å²) in [6, 6.07) is 2.80. The molecule has 0 spiro atoms. The minimum Gasteiger partial charge on any atom is -0.393 e. The summed E-state index contributed by atoms with van der Waals surface area (Å²) < 4.78 is 1.30. The molecule has 0 saturated heterocycles. The van der Waals surface area contributed by atoms with Crippen LogP contribution in [0, 0.1) is 5.92 Å². The summed E-state index contributed by atoms with van der Waals surface area (Å²) in [7, 11) is 0. The summed E-state index contributed by atoms with van der Waals surface area (Å²) in [6.07, 6.45) is 3.20. The number of hydrogen-bond acceptors (Lipinski definition) is 4. The molecule has 1 aliphatic carbocycles. The van der Waals surface area contributed by atoms with Gasteiger partial charge in [-0.15, -0.1) is 0 Å². The normalized spacial score (nSPS) is 21.9. The van der Waals surface area contributed by atoms with Crippen molar-refractivity contribution in [3.8, 4) is 0 Å². The minimum atomic E-state index is -0.322. The molecule has 6 heteroatoms. The summed E-state index contributed by atoms with van der Waals surface area (Å²) in [6.45, 7) is 2.90. The van der Waals surface area contributed by atoms with Gasteiger partial charge in [-0.2, -0.15) is 5.10 Å². The van der Waals surface area contributed by atoms with Gasteiger partial charge in [0.05, 0.1) is 6.10 Å². The molecule has 6 nitrogen and oxygen atoms in total. The molecule has 110 valence electrons. The van der Waals surface area contributed by atoms with Crippen molar-refractivity contribution in [2.75, 3.05) is 6.54 Å². The molecule has 2 atom stereocenters. The number of aromatic nitrogens is 2. The summed E-state index contributed by atoms with van der Waals surface area (Å²) in [5.41, 5.74) is 0.0418. The Morgan fingerprint density at radius 1 is 1.50 bits per heavy atom. The van der Waals surface area contributed by atoms with Gasteiger partial charge in [0.2, 0.25) is 0 Å². The van der Waals surface area contributed by atoms with Crippen molar-refractivity contribution in [1.82, 2.24) is 15.1 Å². The van der Waals surface area contributed by atoms with E-state index in [0.29, 0.717) is 13.1 Å². The van der Waals surface area contributed by atoms with E-state index in [2.05, 4.69) is 10.4 Å². The van der Waals surface area contributed by atoms with Gasteiger partial charge in [0, 0.05) is 25.1 Å². The predicted octanol–water partition coefficient (Wildman–Crippen LogP) is 0.544. The zero-order valence-corrected chi connectivity index (χ0v) is 11.7. The second kappa shape index (κ2) is 6.65. The van der Waals surface area contributed by atoms with Crippen LogP contribution in [0.4, 0.5) is 0 Å². The summed E-state index contributed by atoms with van der Waals surface area (Å²) in [5.74, 6) is -0.172. The molecule has 0 aliphatic heterocycles. The molecule has 1 aromatic rings. The summed E-state index contributed by atoms with van der Waals surface area (Å²) >= 11 is 0. The molecule has 1 amide bonds. The highest BCUT2D eigenvalue weighted by molar-refractivity contribution is 5.91. The molecule has 2 N–H and O–H groups in total. The van der Waals surface area contributed by atoms with Crippen LogP contribution in [-0.4, -0.2) is 33.4 Å². The number of hydrogen-bond donors (Lipinski definition) is 2. The fourth-order valence-electron chi connectivity index (χ4n) is 2.51. The first-order chi connectivity index (χ1) is 9.61. The Morgan fingerprint density at radius 3 is 2.95 bits per heavy atom. The molecule has 1 heterocycles. The third-order valence-corrected chi connectivity index (χ3v) is 3.68. The molecule has 20 heavy (non-hydrogen) atoms. The largest absolute Gasteiger partial charge is 0.393 e. The first-order valence-electron chi connectivity index (χ1n) is 7.16. The highest BCUT2D eigenvalue weighted by Gasteiger charge is 2.25. The predicted molar refractivity (Wildman–Crippen MR) is 74.5 cm³/mol. The van der Waals surface area contributed by atoms with E-state index in [-0.39, 0.29) is 29.2 Å². The lowest BCUT2D eigenvalue weighted by molar-refractivity contribution is 0.0909. The van der Waals surface area contributed by atoms with Gasteiger partial charge in [0.1, 0.15) is 5.69 Å². The van der Waals surface area contributed by atoms with Crippen molar-refractivity contribution < 1.29 is 9.90 Å². The molecular formula is C14H21N3O3. The van der Waals surface area contributed by atoms with Crippen LogP contribution in [0.15, 0.2) is 16.9 Å². The monoisotopic (exact) mass is 279 g/mol. The number of rotatable bonds is 5. The van der Waals surface area contributed by atoms with Gasteiger partial charge in [-0.1, -0.05) is 13.3 Å². The number of aliphatic hydroxyl groups excluding tert-OH is 1. The third-order valence-electron chi connectivity index (χ3n) is 3.68. The van der Waals surface area contributed by atoms with Crippen LogP contribution in [-0.2, 0) is 6.54 Å². The van der Waals surface area contributed by atoms with E-state index in [1.165, 1.54) is 16.8 Å². The first-order valence-corrected chi connectivity index (χ1v) is 7.16. The topological polar surface area (TPSA) is 84.2 Å². The van der Waals surface area contributed by atoms with Crippen molar-refractivity contribution in [1.29, 1.82) is 0 Å². The van der Waals surface area contributed by atoms with Gasteiger partial charge in [-0.25, -0.2) is 4.68 Å². The van der Waals surface area contributed by atoms with Crippen molar-refractivity contribution >= 4 is 5.91 Å². The van der Waals surface area contributed by atoms with Crippen LogP contribution in [0.25, 0.3) is 0 Å². The van der Waals surface area contributed by atoms with Gasteiger partial charge in [0.25, 0.3) is 11.5 Å². The SMILES string of the molecule is CCCn1nc(C(=O)NCC2CCCC2O)ccc1=O. The quantitative estimate of drug-likeness (QED) is 0.824. The number of aliphatic hydroxyl groups is 1. The van der Waals surface area contributed by atoms with Crippen molar-refractivity contribution in [2.45, 2.75) is 45.3 Å². The number of nitrogens with zero attached hydrogens (tertiary/aromatic N) is 2. The van der Waals surface area contributed by atoms with Gasteiger partial charge in [-0.05, 0) is 25.3 Å². The van der Waals surface area contributed by atoms with Crippen LogP contribution in [0.3, 0.4) is 0 Å². The van der Waals surface area contributed by atoms with Crippen LogP contribution in [0.5, 0.6) is 0 Å². The smallest absolute Gasteiger partial charge is 0.271 e. The van der Waals surface area contributed by atoms with Crippen molar-refractivity contribution in [3.63, 3.8) is 0 Å². The number of nitrogens with one attached hydrogen (secondary N) is 1. The zero-order chi connectivity index (χ0) is 14.5. The molecule has 1 aromatic heterocycles. The molecule has 1 fully saturated rings. The Bertz CT molecular complexity index is 527. The average molecular weight is 279 g/mol. The van der Waals surface area contributed by atoms with Gasteiger partial charge in [-0.3, -0.25) is 9.59 Å². The van der Waals surface area contributed by atoms with Crippen LogP contribution >= 0.6 is 0 Å². The standard InChI is InChI=1S/C14H21N3O3/c1-2-8-17-13(19)7-6-11(16-17)14(20)15-9-10-4-3-5-12(10)18/h6-7,10,12,18H,2-5,8-9H2,1H3,(H,15,20). The number of amides is 1. The van der Waals surface area contributed by atoms with E-state index in [0.717, 1.165) is 25.7 Å². The lowest BCUT2D eigenvalue weighted by Crippen LogP contribution is -2.34. The number of carbonyl (C=O) groups excluding carboxylic acids is 1. The van der Waals surface area contributed by atoms with E-state index >= 15 is 0 Å². The molecule has 2 rings (SSSR count). The highest BCUT2D eigenvalue weighted by atomic mass is 16.3. The minimum absolute atomic E-state index is 0.125. The van der Waals surface area contributed by atoms with E-state index < -0.39 is 0 Å². The molecular weight excluding hydrogens is 258 g/mol. The zero-order valence-electron chi connectivity index (χ0n) is 11.7. The average Bonchev–Trinajstić information content (AvgIpc) is 2.84. The van der Waals surface area contributed by atoms with E-state index in [1.807, 2.05) is 6.92 Å². The van der Waals surface area contributed by atoms with Gasteiger partial charge in [0.15, 0.2) is 0 Å². The summed E-state index contributed by atoms with van der Waals surface area (Å²) in [4.78, 5) is 23.5. The van der Waals surface area contributed by atoms with Crippen LogP contribution in [0.2, 0.25) is 0 Å². The van der Waals surface area contributed by atoms with Gasteiger partial charge < -0.3 is 10.4 Å². The lowest BCUT2D eigenvalue weighted by atomic mass is 10.1. The van der Waals surface area contributed by atoms with Gasteiger partial charge >= 0.3 is 0 Å². The van der Waals surface area contributed by atoms with Crippen molar-refractivity contribution in [2.24, 2.45) is 5.92 Å². The lowest BCUT2D eigenvalue weighted by Gasteiger charge is -2.15. The van der Waals surface area contributed by atoms with Crippen molar-refractivity contribution in [3.05, 3.63) is 28.2 Å². The molecule has 0 aromatic carbocycles. The Balaban J connectivity index is 1.98. The maximum absolute atomic E-state index is 12.0. The number of aryl methyl sites for hydroxylation is 1. The molecule has 0 bridgehead atoms. The highest BCUT2D eigenvalue weighted by Crippen LogP contribution is 2.24. The number of carbonyl (C=O) groups is 1. The molecule has 0 radical (unpaired) electrons. The molecule has 1 aliphatic rings.